The molecular formula is C10H10BF4O-. The van der Waals surface area contributed by atoms with Crippen LogP contribution in [0.25, 0.3) is 0 Å². The van der Waals surface area contributed by atoms with Crippen LogP contribution in [0.3, 0.4) is 0 Å². The lowest BCUT2D eigenvalue weighted by atomic mass is 9.79. The Morgan fingerprint density at radius 2 is 1.94 bits per heavy atom. The first-order valence-electron chi connectivity index (χ1n) is 5.09. The third kappa shape index (κ3) is 2.68. The quantitative estimate of drug-likeness (QED) is 0.573. The van der Waals surface area contributed by atoms with Gasteiger partial charge in [0.25, 0.3) is 0 Å². The maximum Gasteiger partial charge on any atom is 0.513 e. The Kier molecular flexibility index (Phi) is 2.82. The fourth-order valence-corrected chi connectivity index (χ4v) is 1.40. The van der Waals surface area contributed by atoms with Gasteiger partial charge in [0.05, 0.1) is 12.4 Å². The summed E-state index contributed by atoms with van der Waals surface area (Å²) in [5.74, 6) is -0.799. The topological polar surface area (TPSA) is 9.23 Å². The molecule has 0 radical (unpaired) electrons. The molecule has 1 nitrogen and oxygen atoms in total. The minimum absolute atomic E-state index is 0.263. The third-order valence-electron chi connectivity index (χ3n) is 2.50. The average molecular weight is 233 g/mol. The van der Waals surface area contributed by atoms with E-state index in [1.165, 1.54) is 0 Å². The molecule has 1 fully saturated rings. The summed E-state index contributed by atoms with van der Waals surface area (Å²) in [5.41, 5.74) is -0.986. The summed E-state index contributed by atoms with van der Waals surface area (Å²) >= 11 is 0. The molecule has 0 aromatic heterocycles. The Balaban J connectivity index is 2.20. The van der Waals surface area contributed by atoms with E-state index in [1.54, 1.807) is 0 Å². The second-order valence-electron chi connectivity index (χ2n) is 4.01. The van der Waals surface area contributed by atoms with Gasteiger partial charge in [-0.3, -0.25) is 0 Å². The zero-order chi connectivity index (χ0) is 11.8. The molecule has 1 saturated carbocycles. The third-order valence-corrected chi connectivity index (χ3v) is 2.50. The lowest BCUT2D eigenvalue weighted by Gasteiger charge is -2.19. The molecule has 6 heteroatoms. The molecule has 0 aliphatic heterocycles. The predicted molar refractivity (Wildman–Crippen MR) is 53.3 cm³/mol. The maximum atomic E-state index is 12.7. The van der Waals surface area contributed by atoms with Gasteiger partial charge in [0.1, 0.15) is 5.82 Å². The van der Waals surface area contributed by atoms with Crippen LogP contribution in [-0.2, 0) is 0 Å². The first-order valence-corrected chi connectivity index (χ1v) is 5.09. The lowest BCUT2D eigenvalue weighted by Crippen LogP contribution is -2.35. The van der Waals surface area contributed by atoms with E-state index in [9.17, 15) is 17.3 Å². The van der Waals surface area contributed by atoms with Crippen LogP contribution >= 0.6 is 0 Å². The highest BCUT2D eigenvalue weighted by Gasteiger charge is 2.30. The van der Waals surface area contributed by atoms with Gasteiger partial charge >= 0.3 is 6.98 Å². The zero-order valence-electron chi connectivity index (χ0n) is 8.43. The molecule has 1 aliphatic rings. The van der Waals surface area contributed by atoms with E-state index in [4.69, 9.17) is 4.74 Å². The number of hydrogen-bond acceptors (Lipinski definition) is 1. The molecule has 0 N–H and O–H groups in total. The van der Waals surface area contributed by atoms with Gasteiger partial charge in [-0.25, -0.2) is 4.39 Å². The van der Waals surface area contributed by atoms with Crippen molar-refractivity contribution >= 4 is 12.4 Å². The monoisotopic (exact) mass is 233 g/mol. The maximum absolute atomic E-state index is 12.7. The van der Waals surface area contributed by atoms with E-state index in [-0.39, 0.29) is 12.4 Å². The molecule has 0 heterocycles. The fraction of sp³-hybridized carbons (Fsp3) is 0.400. The molecule has 0 spiro atoms. The standard InChI is InChI=1S/C10H10BF4O/c12-8-3-4-10(16-6-7-1-2-7)9(5-8)11(13,14)15/h3-5,7H,1-2,6H2/q-1. The number of benzene rings is 1. The molecule has 0 amide bonds. The van der Waals surface area contributed by atoms with E-state index >= 15 is 0 Å². The van der Waals surface area contributed by atoms with Crippen molar-refractivity contribution in [2.24, 2.45) is 5.92 Å². The lowest BCUT2D eigenvalue weighted by molar-refractivity contribution is 0.300. The average Bonchev–Trinajstić information content (AvgIpc) is 2.98. The van der Waals surface area contributed by atoms with Gasteiger partial charge in [0.2, 0.25) is 0 Å². The molecule has 2 rings (SSSR count). The number of rotatable bonds is 4. The minimum Gasteiger partial charge on any atom is -0.496 e. The van der Waals surface area contributed by atoms with Crippen LogP contribution in [0.2, 0.25) is 0 Å². The molecule has 0 unspecified atom stereocenters. The Morgan fingerprint density at radius 3 is 2.50 bits per heavy atom. The van der Waals surface area contributed by atoms with Crippen LogP contribution in [0.5, 0.6) is 5.75 Å². The highest BCUT2D eigenvalue weighted by molar-refractivity contribution is 6.74. The second kappa shape index (κ2) is 3.99. The fourth-order valence-electron chi connectivity index (χ4n) is 1.40. The number of halogens is 4. The Morgan fingerprint density at radius 1 is 1.25 bits per heavy atom. The Bertz CT molecular complexity index is 387. The van der Waals surface area contributed by atoms with Crippen molar-refractivity contribution in [2.45, 2.75) is 12.8 Å². The van der Waals surface area contributed by atoms with Crippen LogP contribution in [0.1, 0.15) is 12.8 Å². The summed E-state index contributed by atoms with van der Waals surface area (Å²) in [5, 5.41) is 0. The van der Waals surface area contributed by atoms with Crippen molar-refractivity contribution in [3.63, 3.8) is 0 Å². The molecule has 0 atom stereocenters. The van der Waals surface area contributed by atoms with Gasteiger partial charge < -0.3 is 17.7 Å². The smallest absolute Gasteiger partial charge is 0.496 e. The normalized spacial score (nSPS) is 16.2. The SMILES string of the molecule is Fc1ccc(OCC2CC2)c([B-](F)(F)F)c1. The minimum atomic E-state index is -5.23. The van der Waals surface area contributed by atoms with Crippen LogP contribution in [0.4, 0.5) is 17.3 Å². The number of hydrogen-bond donors (Lipinski definition) is 0. The number of ether oxygens (including phenoxy) is 1. The summed E-state index contributed by atoms with van der Waals surface area (Å²) < 4.78 is 55.6. The van der Waals surface area contributed by atoms with E-state index in [0.29, 0.717) is 12.0 Å². The molecular weight excluding hydrogens is 223 g/mol. The van der Waals surface area contributed by atoms with Crippen LogP contribution in [0, 0.1) is 11.7 Å². The van der Waals surface area contributed by atoms with Gasteiger partial charge in [0.15, 0.2) is 0 Å². The van der Waals surface area contributed by atoms with Crippen LogP contribution < -0.4 is 10.2 Å². The molecule has 1 aromatic rings. The van der Waals surface area contributed by atoms with E-state index in [1.807, 2.05) is 0 Å². The Hall–Kier alpha value is -1.20. The van der Waals surface area contributed by atoms with Crippen molar-refractivity contribution < 1.29 is 22.1 Å². The largest absolute Gasteiger partial charge is 0.513 e. The summed E-state index contributed by atoms with van der Waals surface area (Å²) in [6, 6.07) is 2.51. The van der Waals surface area contributed by atoms with Crippen molar-refractivity contribution in [1.82, 2.24) is 0 Å². The van der Waals surface area contributed by atoms with E-state index in [2.05, 4.69) is 0 Å². The molecule has 88 valence electrons. The van der Waals surface area contributed by atoms with E-state index in [0.717, 1.165) is 25.0 Å². The van der Waals surface area contributed by atoms with Crippen molar-refractivity contribution in [1.29, 1.82) is 0 Å². The van der Waals surface area contributed by atoms with Crippen molar-refractivity contribution in [2.75, 3.05) is 6.61 Å². The van der Waals surface area contributed by atoms with Gasteiger partial charge in [0, 0.05) is 0 Å². The molecule has 1 aromatic carbocycles. The summed E-state index contributed by atoms with van der Waals surface area (Å²) in [7, 11) is 0. The van der Waals surface area contributed by atoms with Crippen LogP contribution in [0.15, 0.2) is 18.2 Å². The molecule has 16 heavy (non-hydrogen) atoms. The predicted octanol–water partition coefficient (Wildman–Crippen LogP) is 2.67. The van der Waals surface area contributed by atoms with Gasteiger partial charge in [-0.15, -0.1) is 0 Å². The highest BCUT2D eigenvalue weighted by atomic mass is 19.4. The van der Waals surface area contributed by atoms with E-state index < -0.39 is 18.3 Å². The van der Waals surface area contributed by atoms with Gasteiger partial charge in [-0.2, -0.15) is 0 Å². The first-order chi connectivity index (χ1) is 7.47. The molecule has 0 bridgehead atoms. The molecule has 1 aliphatic carbocycles. The second-order valence-corrected chi connectivity index (χ2v) is 4.01. The molecule has 0 saturated heterocycles. The van der Waals surface area contributed by atoms with Crippen LogP contribution in [-0.4, -0.2) is 13.6 Å². The highest BCUT2D eigenvalue weighted by Crippen LogP contribution is 2.29. The van der Waals surface area contributed by atoms with Crippen molar-refractivity contribution in [3.8, 4) is 5.75 Å². The summed E-state index contributed by atoms with van der Waals surface area (Å²) in [6.07, 6.45) is 1.99. The first kappa shape index (κ1) is 11.3. The Labute approximate surface area is 90.5 Å². The summed E-state index contributed by atoms with van der Waals surface area (Å²) in [6.45, 7) is -4.95. The zero-order valence-corrected chi connectivity index (χ0v) is 8.43. The summed E-state index contributed by atoms with van der Waals surface area (Å²) in [4.78, 5) is 0. The van der Waals surface area contributed by atoms with Gasteiger partial charge in [-0.1, -0.05) is 5.46 Å². The van der Waals surface area contributed by atoms with Gasteiger partial charge in [-0.05, 0) is 37.0 Å². The van der Waals surface area contributed by atoms with Crippen molar-refractivity contribution in [3.05, 3.63) is 24.0 Å².